The molecule has 2 rings (SSSR count). The molecule has 0 aliphatic heterocycles. The van der Waals surface area contributed by atoms with Gasteiger partial charge in [-0.3, -0.25) is 4.79 Å². The number of carbonyl (C=O) groups excluding carboxylic acids is 1. The lowest BCUT2D eigenvalue weighted by Gasteiger charge is -2.09. The quantitative estimate of drug-likeness (QED) is 0.906. The summed E-state index contributed by atoms with van der Waals surface area (Å²) in [6.07, 6.45) is 0. The van der Waals surface area contributed by atoms with Crippen molar-refractivity contribution in [3.05, 3.63) is 63.9 Å². The molecule has 0 bridgehead atoms. The lowest BCUT2D eigenvalue weighted by atomic mass is 10.2. The van der Waals surface area contributed by atoms with E-state index in [9.17, 15) is 9.18 Å². The van der Waals surface area contributed by atoms with Crippen LogP contribution in [0.3, 0.4) is 0 Å². The van der Waals surface area contributed by atoms with E-state index < -0.39 is 0 Å². The van der Waals surface area contributed by atoms with E-state index >= 15 is 0 Å². The van der Waals surface area contributed by atoms with Crippen molar-refractivity contribution in [2.24, 2.45) is 0 Å². The molecule has 0 atom stereocenters. The van der Waals surface area contributed by atoms with Gasteiger partial charge < -0.3 is 10.1 Å². The van der Waals surface area contributed by atoms with Crippen LogP contribution in [-0.2, 0) is 11.3 Å². The van der Waals surface area contributed by atoms with Crippen LogP contribution in [0.4, 0.5) is 4.39 Å². The summed E-state index contributed by atoms with van der Waals surface area (Å²) in [5, 5.41) is 3.39. The average molecular weight is 328 g/mol. The molecule has 0 spiro atoms. The second-order valence-electron chi connectivity index (χ2n) is 4.23. The van der Waals surface area contributed by atoms with Gasteiger partial charge in [0.1, 0.15) is 11.6 Å². The Morgan fingerprint density at radius 3 is 2.71 bits per heavy atom. The van der Waals surface area contributed by atoms with Crippen molar-refractivity contribution in [3.8, 4) is 5.75 Å². The van der Waals surface area contributed by atoms with Crippen molar-refractivity contribution in [1.29, 1.82) is 0 Å². The van der Waals surface area contributed by atoms with E-state index in [1.807, 2.05) is 0 Å². The van der Waals surface area contributed by atoms with E-state index in [2.05, 4.69) is 5.32 Å². The number of nitrogens with one attached hydrogen (secondary N) is 1. The number of ether oxygens (including phenoxy) is 1. The van der Waals surface area contributed by atoms with Crippen molar-refractivity contribution in [3.63, 3.8) is 0 Å². The molecule has 0 unspecified atom stereocenters. The zero-order chi connectivity index (χ0) is 15.2. The van der Waals surface area contributed by atoms with E-state index in [1.165, 1.54) is 12.1 Å². The molecular weight excluding hydrogens is 316 g/mol. The highest BCUT2D eigenvalue weighted by Gasteiger charge is 2.08. The summed E-state index contributed by atoms with van der Waals surface area (Å²) in [6.45, 7) is -0.132. The van der Waals surface area contributed by atoms with Gasteiger partial charge in [-0.2, -0.15) is 0 Å². The molecule has 0 aliphatic rings. The van der Waals surface area contributed by atoms with Gasteiger partial charge in [-0.25, -0.2) is 4.39 Å². The predicted molar refractivity (Wildman–Crippen MR) is 80.2 cm³/mol. The summed E-state index contributed by atoms with van der Waals surface area (Å²) in [5.41, 5.74) is 0.409. The zero-order valence-corrected chi connectivity index (χ0v) is 12.4. The van der Waals surface area contributed by atoms with Gasteiger partial charge in [-0.15, -0.1) is 0 Å². The van der Waals surface area contributed by atoms with Crippen molar-refractivity contribution in [1.82, 2.24) is 5.32 Å². The number of hydrogen-bond donors (Lipinski definition) is 1. The van der Waals surface area contributed by atoms with Gasteiger partial charge in [-0.05, 0) is 18.2 Å². The minimum Gasteiger partial charge on any atom is -0.482 e. The van der Waals surface area contributed by atoms with E-state index in [-0.39, 0.29) is 24.9 Å². The Balaban J connectivity index is 1.85. The third-order valence-corrected chi connectivity index (χ3v) is 3.23. The Morgan fingerprint density at radius 1 is 1.19 bits per heavy atom. The highest BCUT2D eigenvalue weighted by molar-refractivity contribution is 6.34. The smallest absolute Gasteiger partial charge is 0.258 e. The van der Waals surface area contributed by atoms with Crippen LogP contribution in [0.2, 0.25) is 10.0 Å². The maximum absolute atomic E-state index is 13.4. The van der Waals surface area contributed by atoms with Crippen LogP contribution in [0.5, 0.6) is 5.75 Å². The summed E-state index contributed by atoms with van der Waals surface area (Å²) in [7, 11) is 0. The molecule has 0 fully saturated rings. The van der Waals surface area contributed by atoms with Gasteiger partial charge in [0.05, 0.1) is 5.02 Å². The molecule has 6 heteroatoms. The first kappa shape index (κ1) is 15.6. The van der Waals surface area contributed by atoms with E-state index in [4.69, 9.17) is 27.9 Å². The molecule has 1 N–H and O–H groups in total. The topological polar surface area (TPSA) is 38.3 Å². The SMILES string of the molecule is O=C(COc1cc(Cl)ccc1Cl)NCc1ccccc1F. The van der Waals surface area contributed by atoms with E-state index in [1.54, 1.807) is 30.3 Å². The van der Waals surface area contributed by atoms with Crippen LogP contribution in [0.15, 0.2) is 42.5 Å². The lowest BCUT2D eigenvalue weighted by molar-refractivity contribution is -0.123. The Labute approximate surface area is 131 Å². The number of benzene rings is 2. The number of amides is 1. The molecule has 1 amide bonds. The number of rotatable bonds is 5. The fourth-order valence-electron chi connectivity index (χ4n) is 1.62. The van der Waals surface area contributed by atoms with Crippen molar-refractivity contribution in [2.45, 2.75) is 6.54 Å². The normalized spacial score (nSPS) is 10.2. The highest BCUT2D eigenvalue weighted by atomic mass is 35.5. The van der Waals surface area contributed by atoms with Crippen molar-refractivity contribution >= 4 is 29.1 Å². The van der Waals surface area contributed by atoms with Crippen molar-refractivity contribution in [2.75, 3.05) is 6.61 Å². The van der Waals surface area contributed by atoms with E-state index in [0.29, 0.717) is 21.4 Å². The third kappa shape index (κ3) is 4.62. The minimum atomic E-state index is -0.380. The van der Waals surface area contributed by atoms with Gasteiger partial charge in [-0.1, -0.05) is 41.4 Å². The van der Waals surface area contributed by atoms with Crippen LogP contribution in [0.1, 0.15) is 5.56 Å². The Hall–Kier alpha value is -1.78. The monoisotopic (exact) mass is 327 g/mol. The van der Waals surface area contributed by atoms with E-state index in [0.717, 1.165) is 0 Å². The molecule has 0 saturated carbocycles. The van der Waals surface area contributed by atoms with Crippen LogP contribution in [0, 0.1) is 5.82 Å². The molecule has 0 aromatic heterocycles. The summed E-state index contributed by atoms with van der Waals surface area (Å²) in [6, 6.07) is 10.9. The first-order valence-corrected chi connectivity index (χ1v) is 6.90. The molecule has 21 heavy (non-hydrogen) atoms. The summed E-state index contributed by atoms with van der Waals surface area (Å²) >= 11 is 11.7. The molecule has 0 radical (unpaired) electrons. The molecule has 0 heterocycles. The number of carbonyl (C=O) groups is 1. The molecule has 3 nitrogen and oxygen atoms in total. The Morgan fingerprint density at radius 2 is 1.95 bits per heavy atom. The molecule has 2 aromatic rings. The second kappa shape index (κ2) is 7.29. The third-order valence-electron chi connectivity index (χ3n) is 2.69. The summed E-state index contributed by atoms with van der Waals surface area (Å²) in [5.74, 6) is -0.420. The fraction of sp³-hybridized carbons (Fsp3) is 0.133. The molecular formula is C15H12Cl2FNO2. The molecule has 2 aromatic carbocycles. The first-order valence-electron chi connectivity index (χ1n) is 6.14. The van der Waals surface area contributed by atoms with Crippen molar-refractivity contribution < 1.29 is 13.9 Å². The molecule has 0 saturated heterocycles. The van der Waals surface area contributed by atoms with Gasteiger partial charge in [0.2, 0.25) is 0 Å². The maximum Gasteiger partial charge on any atom is 0.258 e. The van der Waals surface area contributed by atoms with Crippen LogP contribution in [-0.4, -0.2) is 12.5 Å². The zero-order valence-electron chi connectivity index (χ0n) is 10.9. The Bertz CT molecular complexity index is 649. The van der Waals surface area contributed by atoms with Gasteiger partial charge >= 0.3 is 0 Å². The van der Waals surface area contributed by atoms with Gasteiger partial charge in [0.15, 0.2) is 6.61 Å². The number of hydrogen-bond acceptors (Lipinski definition) is 2. The van der Waals surface area contributed by atoms with Gasteiger partial charge in [0, 0.05) is 23.2 Å². The lowest BCUT2D eigenvalue weighted by Crippen LogP contribution is -2.28. The summed E-state index contributed by atoms with van der Waals surface area (Å²) in [4.78, 5) is 11.7. The maximum atomic E-state index is 13.4. The van der Waals surface area contributed by atoms with Crippen LogP contribution in [0.25, 0.3) is 0 Å². The molecule has 110 valence electrons. The predicted octanol–water partition coefficient (Wildman–Crippen LogP) is 3.83. The van der Waals surface area contributed by atoms with Crippen LogP contribution >= 0.6 is 23.2 Å². The second-order valence-corrected chi connectivity index (χ2v) is 5.08. The van der Waals surface area contributed by atoms with Crippen LogP contribution < -0.4 is 10.1 Å². The Kier molecular flexibility index (Phi) is 5.42. The summed E-state index contributed by atoms with van der Waals surface area (Å²) < 4.78 is 18.6. The minimum absolute atomic E-state index is 0.0954. The van der Waals surface area contributed by atoms with Gasteiger partial charge in [0.25, 0.3) is 5.91 Å². The average Bonchev–Trinajstić information content (AvgIpc) is 2.47. The number of halogens is 3. The highest BCUT2D eigenvalue weighted by Crippen LogP contribution is 2.27. The standard InChI is InChI=1S/C15H12Cl2FNO2/c16-11-5-6-12(17)14(7-11)21-9-15(20)19-8-10-3-1-2-4-13(10)18/h1-7H,8-9H2,(H,19,20). The fourth-order valence-corrected chi connectivity index (χ4v) is 1.95. The molecule has 0 aliphatic carbocycles. The first-order chi connectivity index (χ1) is 10.1. The largest absolute Gasteiger partial charge is 0.482 e.